The number of carbonyl (C=O) groups is 2. The van der Waals surface area contributed by atoms with Gasteiger partial charge < -0.3 is 5.11 Å². The van der Waals surface area contributed by atoms with Crippen LogP contribution in [0, 0.1) is 0 Å². The summed E-state index contributed by atoms with van der Waals surface area (Å²) >= 11 is 1.07. The van der Waals surface area contributed by atoms with Gasteiger partial charge in [0.15, 0.2) is 0 Å². The van der Waals surface area contributed by atoms with Crippen molar-refractivity contribution in [2.45, 2.75) is 17.2 Å². The molecule has 4 aromatic rings. The molecule has 1 aliphatic heterocycles. The molecule has 4 nitrogen and oxygen atoms in total. The normalized spacial score (nSPS) is 16.1. The number of hydrogen-bond donors (Lipinski definition) is 1. The summed E-state index contributed by atoms with van der Waals surface area (Å²) in [5, 5.41) is 8.78. The Morgan fingerprint density at radius 3 is 1.56 bits per heavy atom. The fraction of sp³-hybridized carbons (Fsp3) is 0.103. The van der Waals surface area contributed by atoms with Crippen LogP contribution in [0.2, 0.25) is 0 Å². The highest BCUT2D eigenvalue weighted by Gasteiger charge is 2.53. The van der Waals surface area contributed by atoms with Crippen molar-refractivity contribution in [2.75, 3.05) is 0 Å². The van der Waals surface area contributed by atoms with E-state index in [1.807, 2.05) is 91.0 Å². The predicted molar refractivity (Wildman–Crippen MR) is 135 cm³/mol. The molecule has 34 heavy (non-hydrogen) atoms. The van der Waals surface area contributed by atoms with Gasteiger partial charge in [0, 0.05) is 0 Å². The van der Waals surface area contributed by atoms with Gasteiger partial charge in [-0.2, -0.15) is 0 Å². The summed E-state index contributed by atoms with van der Waals surface area (Å²) < 4.78 is 0. The number of benzene rings is 4. The van der Waals surface area contributed by atoms with Crippen molar-refractivity contribution in [3.63, 3.8) is 0 Å². The number of phenolic OH excluding ortho intramolecular Hbond substituents is 1. The van der Waals surface area contributed by atoms with Crippen LogP contribution in [0.25, 0.3) is 0 Å². The zero-order valence-electron chi connectivity index (χ0n) is 18.4. The molecule has 0 saturated carbocycles. The Bertz CT molecular complexity index is 1200. The summed E-state index contributed by atoms with van der Waals surface area (Å²) in [7, 11) is 0. The molecule has 0 aliphatic carbocycles. The van der Waals surface area contributed by atoms with Crippen LogP contribution in [0.3, 0.4) is 0 Å². The van der Waals surface area contributed by atoms with Gasteiger partial charge >= 0.3 is 0 Å². The summed E-state index contributed by atoms with van der Waals surface area (Å²) in [5.41, 5.74) is 2.33. The van der Waals surface area contributed by atoms with Crippen molar-refractivity contribution < 1.29 is 14.7 Å². The van der Waals surface area contributed by atoms with Crippen LogP contribution in [0.15, 0.2) is 115 Å². The Hall–Kier alpha value is -3.83. The second-order valence-electron chi connectivity index (χ2n) is 8.23. The van der Waals surface area contributed by atoms with Gasteiger partial charge in [0.2, 0.25) is 5.91 Å². The molecule has 0 aromatic heterocycles. The molecule has 0 radical (unpaired) electrons. The van der Waals surface area contributed by atoms with Crippen LogP contribution in [-0.4, -0.2) is 26.4 Å². The quantitative estimate of drug-likeness (QED) is 0.355. The zero-order chi connectivity index (χ0) is 23.5. The number of aromatic hydroxyl groups is 1. The third-order valence-corrected chi connectivity index (χ3v) is 7.23. The molecular formula is C29H23NO3S. The van der Waals surface area contributed by atoms with E-state index in [1.165, 1.54) is 4.90 Å². The highest BCUT2D eigenvalue weighted by atomic mass is 32.2. The average Bonchev–Trinajstić information content (AvgIpc) is 3.16. The molecule has 5 rings (SSSR count). The lowest BCUT2D eigenvalue weighted by Crippen LogP contribution is -2.51. The molecular weight excluding hydrogens is 442 g/mol. The molecule has 5 heteroatoms. The molecule has 168 valence electrons. The monoisotopic (exact) mass is 465 g/mol. The first-order valence-corrected chi connectivity index (χ1v) is 12.0. The van der Waals surface area contributed by atoms with Gasteiger partial charge in [-0.05, 0) is 40.8 Å². The third kappa shape index (κ3) is 3.78. The maximum atomic E-state index is 14.0. The summed E-state index contributed by atoms with van der Waals surface area (Å²) in [4.78, 5) is 29.1. The van der Waals surface area contributed by atoms with E-state index in [0.29, 0.717) is 6.42 Å². The van der Waals surface area contributed by atoms with Gasteiger partial charge in [-0.15, -0.1) is 0 Å². The number of thioether (sulfide) groups is 1. The van der Waals surface area contributed by atoms with Crippen molar-refractivity contribution in [2.24, 2.45) is 0 Å². The summed E-state index contributed by atoms with van der Waals surface area (Å²) in [5.74, 6) is -0.0530. The maximum absolute atomic E-state index is 14.0. The van der Waals surface area contributed by atoms with E-state index in [9.17, 15) is 14.7 Å². The molecule has 4 aromatic carbocycles. The SMILES string of the molecule is O=C1S[C@H](Cc2ccc(O)cc2)C(=O)N1C(c1ccccc1)(c1ccccc1)c1ccccc1. The molecule has 1 saturated heterocycles. The highest BCUT2D eigenvalue weighted by molar-refractivity contribution is 8.15. The minimum absolute atomic E-state index is 0.170. The third-order valence-electron chi connectivity index (χ3n) is 6.19. The van der Waals surface area contributed by atoms with Crippen molar-refractivity contribution in [1.29, 1.82) is 0 Å². The Morgan fingerprint density at radius 2 is 1.12 bits per heavy atom. The lowest BCUT2D eigenvalue weighted by Gasteiger charge is -2.42. The van der Waals surface area contributed by atoms with Gasteiger partial charge in [-0.1, -0.05) is 115 Å². The van der Waals surface area contributed by atoms with Crippen molar-refractivity contribution in [3.8, 4) is 5.75 Å². The minimum Gasteiger partial charge on any atom is -0.508 e. The molecule has 0 spiro atoms. The number of hydrogen-bond acceptors (Lipinski definition) is 4. The van der Waals surface area contributed by atoms with Gasteiger partial charge in [0.25, 0.3) is 5.24 Å². The van der Waals surface area contributed by atoms with Crippen LogP contribution in [0.1, 0.15) is 22.3 Å². The summed E-state index contributed by atoms with van der Waals surface area (Å²) in [6.45, 7) is 0. The Labute approximate surface area is 202 Å². The Kier molecular flexibility index (Phi) is 5.95. The fourth-order valence-electron chi connectivity index (χ4n) is 4.66. The fourth-order valence-corrected chi connectivity index (χ4v) is 5.72. The Morgan fingerprint density at radius 1 is 0.676 bits per heavy atom. The number of imide groups is 1. The van der Waals surface area contributed by atoms with Crippen molar-refractivity contribution in [3.05, 3.63) is 138 Å². The van der Waals surface area contributed by atoms with E-state index in [0.717, 1.165) is 34.0 Å². The average molecular weight is 466 g/mol. The minimum atomic E-state index is -1.10. The number of nitrogens with zero attached hydrogens (tertiary/aromatic N) is 1. The first-order chi connectivity index (χ1) is 16.6. The molecule has 1 aliphatic rings. The largest absolute Gasteiger partial charge is 0.508 e. The van der Waals surface area contributed by atoms with E-state index in [1.54, 1.807) is 24.3 Å². The van der Waals surface area contributed by atoms with Crippen LogP contribution < -0.4 is 0 Å². The molecule has 1 heterocycles. The van der Waals surface area contributed by atoms with Crippen LogP contribution >= 0.6 is 11.8 Å². The molecule has 1 atom stereocenters. The van der Waals surface area contributed by atoms with Crippen LogP contribution in [0.5, 0.6) is 5.75 Å². The maximum Gasteiger partial charge on any atom is 0.290 e. The van der Waals surface area contributed by atoms with Gasteiger partial charge in [-0.3, -0.25) is 14.5 Å². The number of amides is 2. The molecule has 0 bridgehead atoms. The molecule has 0 unspecified atom stereocenters. The lowest BCUT2D eigenvalue weighted by atomic mass is 9.75. The van der Waals surface area contributed by atoms with Gasteiger partial charge in [0.05, 0.1) is 5.25 Å². The second kappa shape index (κ2) is 9.20. The second-order valence-corrected chi connectivity index (χ2v) is 9.38. The first kappa shape index (κ1) is 22.0. The van der Waals surface area contributed by atoms with Crippen LogP contribution in [0.4, 0.5) is 4.79 Å². The van der Waals surface area contributed by atoms with Crippen LogP contribution in [-0.2, 0) is 16.8 Å². The van der Waals surface area contributed by atoms with E-state index in [-0.39, 0.29) is 16.9 Å². The summed E-state index contributed by atoms with van der Waals surface area (Å²) in [6.07, 6.45) is 0.403. The van der Waals surface area contributed by atoms with Gasteiger partial charge in [0.1, 0.15) is 11.3 Å². The standard InChI is InChI=1S/C29H23NO3S/c31-25-18-16-21(17-19-25)20-26-27(32)30(28(33)34-26)29(22-10-4-1-5-11-22,23-12-6-2-7-13-23)24-14-8-3-9-15-24/h1-19,26,31H,20H2/t26-/m1/s1. The lowest BCUT2D eigenvalue weighted by molar-refractivity contribution is -0.129. The molecule has 1 fully saturated rings. The number of carbonyl (C=O) groups excluding carboxylic acids is 2. The zero-order valence-corrected chi connectivity index (χ0v) is 19.2. The smallest absolute Gasteiger partial charge is 0.290 e. The highest BCUT2D eigenvalue weighted by Crippen LogP contribution is 2.47. The van der Waals surface area contributed by atoms with Crippen molar-refractivity contribution >= 4 is 22.9 Å². The molecule has 1 N–H and O–H groups in total. The van der Waals surface area contributed by atoms with Gasteiger partial charge in [-0.25, -0.2) is 0 Å². The number of rotatable bonds is 6. The van der Waals surface area contributed by atoms with E-state index < -0.39 is 10.8 Å². The van der Waals surface area contributed by atoms with Crippen molar-refractivity contribution in [1.82, 2.24) is 4.90 Å². The van der Waals surface area contributed by atoms with E-state index >= 15 is 0 Å². The first-order valence-electron chi connectivity index (χ1n) is 11.1. The number of phenols is 1. The van der Waals surface area contributed by atoms with E-state index in [2.05, 4.69) is 0 Å². The topological polar surface area (TPSA) is 57.6 Å². The summed E-state index contributed by atoms with van der Waals surface area (Å²) in [6, 6.07) is 36.0. The Balaban J connectivity index is 1.68. The van der Waals surface area contributed by atoms with E-state index in [4.69, 9.17) is 0 Å². The molecule has 2 amide bonds. The predicted octanol–water partition coefficient (Wildman–Crippen LogP) is 5.99.